The lowest BCUT2D eigenvalue weighted by molar-refractivity contribution is 0.602. The zero-order chi connectivity index (χ0) is 9.26. The minimum atomic E-state index is 0.643. The molecule has 2 rings (SSSR count). The van der Waals surface area contributed by atoms with Gasteiger partial charge >= 0.3 is 0 Å². The summed E-state index contributed by atoms with van der Waals surface area (Å²) in [6, 6.07) is 0. The van der Waals surface area contributed by atoms with Gasteiger partial charge in [0.25, 0.3) is 0 Å². The van der Waals surface area contributed by atoms with Crippen molar-refractivity contribution in [3.63, 3.8) is 0 Å². The van der Waals surface area contributed by atoms with Crippen LogP contribution in [0.4, 0.5) is 5.13 Å². The number of hydrogen-bond acceptors (Lipinski definition) is 5. The van der Waals surface area contributed by atoms with Gasteiger partial charge in [0.1, 0.15) is 5.01 Å². The van der Waals surface area contributed by atoms with Crippen molar-refractivity contribution in [3.8, 4) is 0 Å². The van der Waals surface area contributed by atoms with Crippen LogP contribution >= 0.6 is 11.3 Å². The highest BCUT2D eigenvalue weighted by molar-refractivity contribution is 7.15. The van der Waals surface area contributed by atoms with Crippen LogP contribution in [0.3, 0.4) is 0 Å². The molecule has 0 amide bonds. The number of hydrogen-bond donors (Lipinski definition) is 1. The zero-order valence-corrected chi connectivity index (χ0v) is 8.55. The summed E-state index contributed by atoms with van der Waals surface area (Å²) in [6.45, 7) is 4.90. The minimum absolute atomic E-state index is 0.643. The van der Waals surface area contributed by atoms with Crippen molar-refractivity contribution in [3.05, 3.63) is 5.01 Å². The van der Waals surface area contributed by atoms with Crippen molar-refractivity contribution in [1.29, 1.82) is 0 Å². The Hall–Kier alpha value is -0.680. The lowest BCUT2D eigenvalue weighted by Crippen LogP contribution is -2.22. The van der Waals surface area contributed by atoms with Crippen molar-refractivity contribution >= 4 is 16.5 Å². The number of anilines is 1. The predicted octanol–water partition coefficient (Wildman–Crippen LogP) is 0.632. The summed E-state index contributed by atoms with van der Waals surface area (Å²) in [5.41, 5.74) is 5.62. The smallest absolute Gasteiger partial charge is 0.208 e. The van der Waals surface area contributed by atoms with Gasteiger partial charge in [-0.2, -0.15) is 0 Å². The quantitative estimate of drug-likeness (QED) is 0.757. The fourth-order valence-electron chi connectivity index (χ4n) is 1.61. The van der Waals surface area contributed by atoms with Gasteiger partial charge in [0, 0.05) is 13.1 Å². The van der Waals surface area contributed by atoms with E-state index in [4.69, 9.17) is 5.73 Å². The number of rotatable bonds is 2. The van der Waals surface area contributed by atoms with Crippen molar-refractivity contribution in [2.45, 2.75) is 13.3 Å². The number of aryl methyl sites for hydroxylation is 1. The van der Waals surface area contributed by atoms with E-state index in [1.807, 2.05) is 6.92 Å². The molecule has 2 heterocycles. The third-order valence-electron chi connectivity index (χ3n) is 2.41. The molecule has 1 fully saturated rings. The van der Waals surface area contributed by atoms with Crippen LogP contribution in [0, 0.1) is 12.8 Å². The lowest BCUT2D eigenvalue weighted by Gasteiger charge is -2.12. The normalized spacial score (nSPS) is 22.6. The first-order valence-corrected chi connectivity index (χ1v) is 5.36. The van der Waals surface area contributed by atoms with Crippen LogP contribution in [0.1, 0.15) is 11.4 Å². The molecule has 1 aromatic rings. The van der Waals surface area contributed by atoms with Crippen molar-refractivity contribution in [2.24, 2.45) is 11.7 Å². The third kappa shape index (κ3) is 1.81. The average Bonchev–Trinajstić information content (AvgIpc) is 2.71. The van der Waals surface area contributed by atoms with Gasteiger partial charge < -0.3 is 10.6 Å². The molecule has 1 aliphatic rings. The van der Waals surface area contributed by atoms with Gasteiger partial charge in [-0.1, -0.05) is 11.3 Å². The Bertz CT molecular complexity index is 285. The molecule has 4 nitrogen and oxygen atoms in total. The third-order valence-corrected chi connectivity index (χ3v) is 3.30. The Balaban J connectivity index is 2.03. The summed E-state index contributed by atoms with van der Waals surface area (Å²) in [6.07, 6.45) is 1.19. The standard InChI is InChI=1S/C8H14N4S/c1-6-10-11-8(13-6)12-3-2-7(4-9)5-12/h7H,2-5,9H2,1H3. The monoisotopic (exact) mass is 198 g/mol. The van der Waals surface area contributed by atoms with Crippen molar-refractivity contribution in [2.75, 3.05) is 24.5 Å². The van der Waals surface area contributed by atoms with Gasteiger partial charge in [-0.15, -0.1) is 10.2 Å². The minimum Gasteiger partial charge on any atom is -0.346 e. The van der Waals surface area contributed by atoms with Crippen LogP contribution in [0.25, 0.3) is 0 Å². The van der Waals surface area contributed by atoms with Crippen LogP contribution in [-0.4, -0.2) is 29.8 Å². The Morgan fingerprint density at radius 3 is 3.00 bits per heavy atom. The molecule has 0 radical (unpaired) electrons. The Kier molecular flexibility index (Phi) is 2.46. The Morgan fingerprint density at radius 2 is 2.46 bits per heavy atom. The average molecular weight is 198 g/mol. The van der Waals surface area contributed by atoms with Crippen molar-refractivity contribution < 1.29 is 0 Å². The summed E-state index contributed by atoms with van der Waals surface area (Å²) in [5, 5.41) is 10.2. The van der Waals surface area contributed by atoms with Crippen LogP contribution < -0.4 is 10.6 Å². The van der Waals surface area contributed by atoms with E-state index in [2.05, 4.69) is 15.1 Å². The van der Waals surface area contributed by atoms with Crippen LogP contribution in [0.2, 0.25) is 0 Å². The van der Waals surface area contributed by atoms with E-state index in [9.17, 15) is 0 Å². The molecule has 1 aliphatic heterocycles. The largest absolute Gasteiger partial charge is 0.346 e. The highest BCUT2D eigenvalue weighted by Gasteiger charge is 2.23. The summed E-state index contributed by atoms with van der Waals surface area (Å²) < 4.78 is 0. The van der Waals surface area contributed by atoms with E-state index < -0.39 is 0 Å². The van der Waals surface area contributed by atoms with Crippen LogP contribution in [-0.2, 0) is 0 Å². The van der Waals surface area contributed by atoms with Gasteiger partial charge in [-0.05, 0) is 25.8 Å². The summed E-state index contributed by atoms with van der Waals surface area (Å²) in [7, 11) is 0. The van der Waals surface area contributed by atoms with Gasteiger partial charge in [0.05, 0.1) is 0 Å². The molecular weight excluding hydrogens is 184 g/mol. The highest BCUT2D eigenvalue weighted by Crippen LogP contribution is 2.25. The first-order chi connectivity index (χ1) is 6.29. The summed E-state index contributed by atoms with van der Waals surface area (Å²) in [4.78, 5) is 2.28. The maximum Gasteiger partial charge on any atom is 0.208 e. The fraction of sp³-hybridized carbons (Fsp3) is 0.750. The predicted molar refractivity (Wildman–Crippen MR) is 54.0 cm³/mol. The van der Waals surface area contributed by atoms with Gasteiger partial charge in [0.2, 0.25) is 5.13 Å². The maximum atomic E-state index is 5.62. The molecule has 1 aromatic heterocycles. The van der Waals surface area contributed by atoms with E-state index in [0.717, 1.165) is 29.8 Å². The molecule has 0 bridgehead atoms. The molecule has 0 spiro atoms. The maximum absolute atomic E-state index is 5.62. The van der Waals surface area contributed by atoms with E-state index in [-0.39, 0.29) is 0 Å². The molecule has 0 aliphatic carbocycles. The van der Waals surface area contributed by atoms with E-state index in [0.29, 0.717) is 5.92 Å². The van der Waals surface area contributed by atoms with E-state index in [1.54, 1.807) is 11.3 Å². The lowest BCUT2D eigenvalue weighted by atomic mass is 10.1. The van der Waals surface area contributed by atoms with Gasteiger partial charge in [-0.3, -0.25) is 0 Å². The molecule has 2 N–H and O–H groups in total. The molecule has 1 saturated heterocycles. The fourth-order valence-corrected chi connectivity index (χ4v) is 2.34. The molecular formula is C8H14N4S. The van der Waals surface area contributed by atoms with E-state index >= 15 is 0 Å². The van der Waals surface area contributed by atoms with Crippen LogP contribution in [0.5, 0.6) is 0 Å². The highest BCUT2D eigenvalue weighted by atomic mass is 32.1. The Labute approximate surface area is 81.8 Å². The van der Waals surface area contributed by atoms with Crippen molar-refractivity contribution in [1.82, 2.24) is 10.2 Å². The summed E-state index contributed by atoms with van der Waals surface area (Å²) in [5.74, 6) is 0.643. The first kappa shape index (κ1) is 8.90. The molecule has 13 heavy (non-hydrogen) atoms. The second-order valence-corrected chi connectivity index (χ2v) is 4.60. The number of nitrogens with zero attached hydrogens (tertiary/aromatic N) is 3. The second-order valence-electron chi connectivity index (χ2n) is 3.44. The molecule has 0 aromatic carbocycles. The zero-order valence-electron chi connectivity index (χ0n) is 7.73. The van der Waals surface area contributed by atoms with E-state index in [1.165, 1.54) is 6.42 Å². The molecule has 5 heteroatoms. The topological polar surface area (TPSA) is 55.0 Å². The second kappa shape index (κ2) is 3.59. The molecule has 1 atom stereocenters. The molecule has 1 unspecified atom stereocenters. The molecule has 72 valence electrons. The van der Waals surface area contributed by atoms with Crippen LogP contribution in [0.15, 0.2) is 0 Å². The molecule has 0 saturated carbocycles. The SMILES string of the molecule is Cc1nnc(N2CCC(CN)C2)s1. The van der Waals surface area contributed by atoms with Gasteiger partial charge in [0.15, 0.2) is 0 Å². The summed E-state index contributed by atoms with van der Waals surface area (Å²) >= 11 is 1.66. The van der Waals surface area contributed by atoms with Gasteiger partial charge in [-0.25, -0.2) is 0 Å². The number of aromatic nitrogens is 2. The first-order valence-electron chi connectivity index (χ1n) is 4.54. The number of nitrogens with two attached hydrogens (primary N) is 1. The Morgan fingerprint density at radius 1 is 1.62 bits per heavy atom.